The molecule has 0 amide bonds. The second kappa shape index (κ2) is 4.74. The third kappa shape index (κ3) is 2.58. The second-order valence-corrected chi connectivity index (χ2v) is 6.86. The molecule has 1 fully saturated rings. The van der Waals surface area contributed by atoms with Crippen LogP contribution in [0.3, 0.4) is 0 Å². The molecule has 0 spiro atoms. The predicted molar refractivity (Wildman–Crippen MR) is 74.1 cm³/mol. The monoisotopic (exact) mass is 236 g/mol. The van der Waals surface area contributed by atoms with Gasteiger partial charge in [-0.1, -0.05) is 25.5 Å². The van der Waals surface area contributed by atoms with Crippen LogP contribution in [0.1, 0.15) is 26.7 Å². The van der Waals surface area contributed by atoms with Gasteiger partial charge < -0.3 is 9.80 Å². The summed E-state index contributed by atoms with van der Waals surface area (Å²) < 4.78 is 0. The number of rotatable bonds is 5. The molecule has 3 aliphatic rings. The van der Waals surface area contributed by atoms with E-state index >= 15 is 0 Å². The van der Waals surface area contributed by atoms with E-state index in [1.165, 1.54) is 25.9 Å². The second-order valence-electron chi connectivity index (χ2n) is 6.86. The molecule has 98 valence electrons. The number of hydrogen-bond donors (Lipinski definition) is 0. The normalized spacial score (nSPS) is 30.4. The molecule has 0 aromatic rings. The number of nitrogens with zero attached hydrogens (tertiary/aromatic N) is 2. The Morgan fingerprint density at radius 1 is 1.24 bits per heavy atom. The van der Waals surface area contributed by atoms with Gasteiger partial charge in [-0.2, -0.15) is 0 Å². The number of fused-ring (bicyclic) bond motifs is 1. The number of likely N-dealkylation sites (N-methyl/N-ethyl adjacent to an activating group) is 2. The van der Waals surface area contributed by atoms with Crippen LogP contribution in [-0.2, 0) is 0 Å². The minimum absolute atomic E-state index is 0.576. The van der Waals surface area contributed by atoms with E-state index in [-0.39, 0.29) is 0 Å². The van der Waals surface area contributed by atoms with Gasteiger partial charge in [-0.25, -0.2) is 0 Å². The van der Waals surface area contributed by atoms with E-state index in [0.29, 0.717) is 5.41 Å². The van der Waals surface area contributed by atoms with Crippen molar-refractivity contribution in [1.82, 2.24) is 9.80 Å². The third-order valence-corrected chi connectivity index (χ3v) is 4.96. The fourth-order valence-electron chi connectivity index (χ4n) is 3.42. The summed E-state index contributed by atoms with van der Waals surface area (Å²) >= 11 is 0. The van der Waals surface area contributed by atoms with Crippen molar-refractivity contribution in [3.63, 3.8) is 0 Å². The average molecular weight is 236 g/mol. The molecule has 0 heterocycles. The quantitative estimate of drug-likeness (QED) is 0.677. The standard InChI is InChI=1S/C15H28N2/c1-15(2)13-7-6-12(14(15)10-13)11-17(5)9-8-16(3)4/h6,13-14H,7-11H2,1-5H3/t13-,14-/m1/s1. The van der Waals surface area contributed by atoms with Crippen molar-refractivity contribution in [3.8, 4) is 0 Å². The van der Waals surface area contributed by atoms with Gasteiger partial charge in [0.1, 0.15) is 0 Å². The van der Waals surface area contributed by atoms with Crippen molar-refractivity contribution in [2.45, 2.75) is 26.7 Å². The zero-order valence-corrected chi connectivity index (χ0v) is 12.2. The van der Waals surface area contributed by atoms with Gasteiger partial charge in [-0.3, -0.25) is 0 Å². The van der Waals surface area contributed by atoms with Gasteiger partial charge in [0.2, 0.25) is 0 Å². The highest BCUT2D eigenvalue weighted by Gasteiger charge is 2.50. The topological polar surface area (TPSA) is 6.48 Å². The van der Waals surface area contributed by atoms with Gasteiger partial charge in [0.25, 0.3) is 0 Å². The summed E-state index contributed by atoms with van der Waals surface area (Å²) in [6.07, 6.45) is 5.29. The highest BCUT2D eigenvalue weighted by Crippen LogP contribution is 2.59. The summed E-state index contributed by atoms with van der Waals surface area (Å²) in [5.41, 5.74) is 2.28. The lowest BCUT2D eigenvalue weighted by molar-refractivity contribution is -0.0101. The average Bonchev–Trinajstić information content (AvgIpc) is 2.26. The Kier molecular flexibility index (Phi) is 3.65. The largest absolute Gasteiger partial charge is 0.308 e. The van der Waals surface area contributed by atoms with E-state index in [1.807, 2.05) is 0 Å². The van der Waals surface area contributed by atoms with Gasteiger partial charge in [-0.15, -0.1) is 0 Å². The lowest BCUT2D eigenvalue weighted by atomic mass is 9.49. The smallest absolute Gasteiger partial charge is 0.0193 e. The fraction of sp³-hybridized carbons (Fsp3) is 0.867. The van der Waals surface area contributed by atoms with Crippen LogP contribution in [-0.4, -0.2) is 50.6 Å². The van der Waals surface area contributed by atoms with Gasteiger partial charge in [0, 0.05) is 19.6 Å². The molecule has 0 saturated heterocycles. The molecule has 0 aromatic heterocycles. The van der Waals surface area contributed by atoms with Crippen molar-refractivity contribution in [1.29, 1.82) is 0 Å². The van der Waals surface area contributed by atoms with Crippen molar-refractivity contribution in [2.24, 2.45) is 17.3 Å². The minimum Gasteiger partial charge on any atom is -0.308 e. The molecule has 17 heavy (non-hydrogen) atoms. The van der Waals surface area contributed by atoms with Crippen LogP contribution in [0.5, 0.6) is 0 Å². The molecule has 3 rings (SSSR count). The van der Waals surface area contributed by atoms with E-state index in [9.17, 15) is 0 Å². The SMILES string of the molecule is CN(C)CCN(C)CC1=CC[C@@H]2C[C@H]1C2(C)C. The Bertz CT molecular complexity index is 304. The van der Waals surface area contributed by atoms with E-state index in [1.54, 1.807) is 5.57 Å². The molecule has 0 radical (unpaired) electrons. The molecule has 0 aromatic carbocycles. The van der Waals surface area contributed by atoms with E-state index in [2.05, 4.69) is 50.9 Å². The molecule has 2 nitrogen and oxygen atoms in total. The molecule has 2 bridgehead atoms. The number of allylic oxidation sites excluding steroid dienone is 1. The van der Waals surface area contributed by atoms with E-state index in [0.717, 1.165) is 18.4 Å². The molecule has 0 aliphatic heterocycles. The summed E-state index contributed by atoms with van der Waals surface area (Å²) in [6.45, 7) is 8.41. The summed E-state index contributed by atoms with van der Waals surface area (Å²) in [6, 6.07) is 0. The van der Waals surface area contributed by atoms with Crippen molar-refractivity contribution in [3.05, 3.63) is 11.6 Å². The van der Waals surface area contributed by atoms with Crippen molar-refractivity contribution < 1.29 is 0 Å². The summed E-state index contributed by atoms with van der Waals surface area (Å²) in [4.78, 5) is 4.73. The molecular formula is C15H28N2. The van der Waals surface area contributed by atoms with Gasteiger partial charge in [0.15, 0.2) is 0 Å². The Labute approximate surface area is 107 Å². The van der Waals surface area contributed by atoms with Crippen LogP contribution in [0, 0.1) is 17.3 Å². The van der Waals surface area contributed by atoms with Crippen LogP contribution < -0.4 is 0 Å². The van der Waals surface area contributed by atoms with Crippen LogP contribution in [0.15, 0.2) is 11.6 Å². The fourth-order valence-corrected chi connectivity index (χ4v) is 3.42. The minimum atomic E-state index is 0.576. The maximum Gasteiger partial charge on any atom is 0.0193 e. The predicted octanol–water partition coefficient (Wildman–Crippen LogP) is 2.47. The van der Waals surface area contributed by atoms with Crippen LogP contribution in [0.2, 0.25) is 0 Å². The van der Waals surface area contributed by atoms with Gasteiger partial charge in [-0.05, 0) is 51.2 Å². The molecule has 0 N–H and O–H groups in total. The first-order chi connectivity index (χ1) is 7.91. The number of hydrogen-bond acceptors (Lipinski definition) is 2. The summed E-state index contributed by atoms with van der Waals surface area (Å²) in [7, 11) is 6.54. The Balaban J connectivity index is 1.85. The molecule has 0 unspecified atom stereocenters. The first kappa shape index (κ1) is 13.1. The zero-order valence-electron chi connectivity index (χ0n) is 12.2. The van der Waals surface area contributed by atoms with Crippen LogP contribution in [0.25, 0.3) is 0 Å². The zero-order chi connectivity index (χ0) is 12.6. The summed E-state index contributed by atoms with van der Waals surface area (Å²) in [5, 5.41) is 0. The Hall–Kier alpha value is -0.340. The highest BCUT2D eigenvalue weighted by atomic mass is 15.1. The molecule has 3 aliphatic carbocycles. The summed E-state index contributed by atoms with van der Waals surface area (Å²) in [5.74, 6) is 1.83. The van der Waals surface area contributed by atoms with Crippen molar-refractivity contribution >= 4 is 0 Å². The highest BCUT2D eigenvalue weighted by molar-refractivity contribution is 5.24. The molecule has 1 saturated carbocycles. The third-order valence-electron chi connectivity index (χ3n) is 4.96. The lowest BCUT2D eigenvalue weighted by Gasteiger charge is -2.57. The Morgan fingerprint density at radius 3 is 2.47 bits per heavy atom. The maximum atomic E-state index is 2.52. The van der Waals surface area contributed by atoms with Crippen LogP contribution in [0.4, 0.5) is 0 Å². The Morgan fingerprint density at radius 2 is 1.94 bits per heavy atom. The van der Waals surface area contributed by atoms with E-state index in [4.69, 9.17) is 0 Å². The first-order valence-electron chi connectivity index (χ1n) is 6.93. The molecule has 2 heteroatoms. The first-order valence-corrected chi connectivity index (χ1v) is 6.93. The maximum absolute atomic E-state index is 2.52. The van der Waals surface area contributed by atoms with Crippen LogP contribution >= 0.6 is 0 Å². The van der Waals surface area contributed by atoms with E-state index < -0.39 is 0 Å². The molecular weight excluding hydrogens is 208 g/mol. The van der Waals surface area contributed by atoms with Gasteiger partial charge in [0.05, 0.1) is 0 Å². The lowest BCUT2D eigenvalue weighted by Crippen LogP contribution is -2.49. The van der Waals surface area contributed by atoms with Gasteiger partial charge >= 0.3 is 0 Å². The molecule has 2 atom stereocenters. The van der Waals surface area contributed by atoms with Crippen molar-refractivity contribution in [2.75, 3.05) is 40.8 Å².